The van der Waals surface area contributed by atoms with E-state index in [1.54, 1.807) is 55.5 Å². The minimum atomic E-state index is -0.348. The van der Waals surface area contributed by atoms with Gasteiger partial charge in [0.1, 0.15) is 17.2 Å². The molecule has 2 aromatic rings. The summed E-state index contributed by atoms with van der Waals surface area (Å²) in [5.74, 6) is 1.06. The standard InChI is InChI=1S/C15H14O4/c1-2-18-15(17)11-3-7-13(8-4-11)19-14-9-5-12(16)6-10-14/h3-10,16H,2H2,1H3. The molecule has 0 aliphatic rings. The molecule has 0 heterocycles. The Kier molecular flexibility index (Phi) is 4.03. The summed E-state index contributed by atoms with van der Waals surface area (Å²) in [6.07, 6.45) is 0. The van der Waals surface area contributed by atoms with Crippen LogP contribution in [-0.4, -0.2) is 17.7 Å². The molecule has 19 heavy (non-hydrogen) atoms. The van der Waals surface area contributed by atoms with Gasteiger partial charge in [0.2, 0.25) is 0 Å². The van der Waals surface area contributed by atoms with Gasteiger partial charge in [-0.1, -0.05) is 0 Å². The molecule has 0 atom stereocenters. The van der Waals surface area contributed by atoms with Gasteiger partial charge in [0.15, 0.2) is 0 Å². The highest BCUT2D eigenvalue weighted by Crippen LogP contribution is 2.23. The van der Waals surface area contributed by atoms with Gasteiger partial charge in [-0.05, 0) is 55.5 Å². The van der Waals surface area contributed by atoms with E-state index in [0.29, 0.717) is 23.7 Å². The number of hydrogen-bond acceptors (Lipinski definition) is 4. The lowest BCUT2D eigenvalue weighted by Crippen LogP contribution is -2.03. The van der Waals surface area contributed by atoms with Gasteiger partial charge in [-0.2, -0.15) is 0 Å². The van der Waals surface area contributed by atoms with Crippen molar-refractivity contribution in [2.24, 2.45) is 0 Å². The molecule has 0 aromatic heterocycles. The first-order valence-corrected chi connectivity index (χ1v) is 5.93. The molecule has 4 nitrogen and oxygen atoms in total. The summed E-state index contributed by atoms with van der Waals surface area (Å²) in [4.78, 5) is 11.5. The molecule has 2 aromatic carbocycles. The molecule has 1 N–H and O–H groups in total. The zero-order chi connectivity index (χ0) is 13.7. The Morgan fingerprint density at radius 1 is 1.00 bits per heavy atom. The van der Waals surface area contributed by atoms with Crippen molar-refractivity contribution in [2.45, 2.75) is 6.92 Å². The maximum Gasteiger partial charge on any atom is 0.338 e. The fourth-order valence-electron chi connectivity index (χ4n) is 1.52. The van der Waals surface area contributed by atoms with E-state index >= 15 is 0 Å². The molecular formula is C15H14O4. The van der Waals surface area contributed by atoms with Crippen LogP contribution in [0.1, 0.15) is 17.3 Å². The monoisotopic (exact) mass is 258 g/mol. The summed E-state index contributed by atoms with van der Waals surface area (Å²) >= 11 is 0. The summed E-state index contributed by atoms with van der Waals surface area (Å²) in [5, 5.41) is 9.16. The smallest absolute Gasteiger partial charge is 0.338 e. The molecule has 0 aliphatic heterocycles. The lowest BCUT2D eigenvalue weighted by atomic mass is 10.2. The zero-order valence-corrected chi connectivity index (χ0v) is 10.5. The Balaban J connectivity index is 2.06. The second-order valence-corrected chi connectivity index (χ2v) is 3.84. The predicted molar refractivity (Wildman–Crippen MR) is 70.6 cm³/mol. The minimum Gasteiger partial charge on any atom is -0.508 e. The number of carbonyl (C=O) groups excluding carboxylic acids is 1. The Hall–Kier alpha value is -2.49. The van der Waals surface area contributed by atoms with Gasteiger partial charge in [0.25, 0.3) is 0 Å². The first kappa shape index (κ1) is 13.0. The first-order chi connectivity index (χ1) is 9.19. The van der Waals surface area contributed by atoms with Crippen LogP contribution in [0.2, 0.25) is 0 Å². The van der Waals surface area contributed by atoms with Crippen molar-refractivity contribution >= 4 is 5.97 Å². The molecule has 0 amide bonds. The largest absolute Gasteiger partial charge is 0.508 e. The Morgan fingerprint density at radius 2 is 1.53 bits per heavy atom. The molecule has 0 aliphatic carbocycles. The number of phenols is 1. The van der Waals surface area contributed by atoms with Crippen molar-refractivity contribution < 1.29 is 19.4 Å². The highest BCUT2D eigenvalue weighted by Gasteiger charge is 2.06. The van der Waals surface area contributed by atoms with Gasteiger partial charge in [-0.3, -0.25) is 0 Å². The molecule has 0 radical (unpaired) electrons. The van der Waals surface area contributed by atoms with Gasteiger partial charge < -0.3 is 14.6 Å². The number of aromatic hydroxyl groups is 1. The fraction of sp³-hybridized carbons (Fsp3) is 0.133. The number of phenolic OH excluding ortho intramolecular Hbond substituents is 1. The van der Waals surface area contributed by atoms with E-state index in [0.717, 1.165) is 0 Å². The predicted octanol–water partition coefficient (Wildman–Crippen LogP) is 3.36. The van der Waals surface area contributed by atoms with Crippen LogP contribution in [0.4, 0.5) is 0 Å². The van der Waals surface area contributed by atoms with E-state index in [4.69, 9.17) is 14.6 Å². The van der Waals surface area contributed by atoms with E-state index < -0.39 is 0 Å². The van der Waals surface area contributed by atoms with Crippen LogP contribution in [0.3, 0.4) is 0 Å². The van der Waals surface area contributed by atoms with Crippen LogP contribution in [0.15, 0.2) is 48.5 Å². The maximum atomic E-state index is 11.5. The molecule has 0 saturated heterocycles. The molecule has 2 rings (SSSR count). The van der Waals surface area contributed by atoms with E-state index in [-0.39, 0.29) is 11.7 Å². The third kappa shape index (κ3) is 3.48. The third-order valence-electron chi connectivity index (χ3n) is 2.44. The van der Waals surface area contributed by atoms with Gasteiger partial charge in [0, 0.05) is 0 Å². The Bertz CT molecular complexity index is 543. The zero-order valence-electron chi connectivity index (χ0n) is 10.5. The Labute approximate surface area is 111 Å². The van der Waals surface area contributed by atoms with E-state index in [9.17, 15) is 4.79 Å². The van der Waals surface area contributed by atoms with Crippen LogP contribution >= 0.6 is 0 Å². The van der Waals surface area contributed by atoms with Crippen molar-refractivity contribution in [1.82, 2.24) is 0 Å². The molecule has 0 bridgehead atoms. The molecule has 4 heteroatoms. The normalized spacial score (nSPS) is 9.95. The number of carbonyl (C=O) groups is 1. The van der Waals surface area contributed by atoms with Gasteiger partial charge in [0.05, 0.1) is 12.2 Å². The number of ether oxygens (including phenoxy) is 2. The van der Waals surface area contributed by atoms with Crippen LogP contribution < -0.4 is 4.74 Å². The molecule has 0 unspecified atom stereocenters. The SMILES string of the molecule is CCOC(=O)c1ccc(Oc2ccc(O)cc2)cc1. The lowest BCUT2D eigenvalue weighted by molar-refractivity contribution is 0.0526. The van der Waals surface area contributed by atoms with E-state index in [1.165, 1.54) is 0 Å². The second kappa shape index (κ2) is 5.91. The average molecular weight is 258 g/mol. The van der Waals surface area contributed by atoms with Crippen molar-refractivity contribution in [2.75, 3.05) is 6.61 Å². The summed E-state index contributed by atoms with van der Waals surface area (Å²) < 4.78 is 10.5. The highest BCUT2D eigenvalue weighted by molar-refractivity contribution is 5.89. The van der Waals surface area contributed by atoms with Crippen molar-refractivity contribution in [3.63, 3.8) is 0 Å². The highest BCUT2D eigenvalue weighted by atomic mass is 16.5. The summed E-state index contributed by atoms with van der Waals surface area (Å²) in [6.45, 7) is 2.12. The van der Waals surface area contributed by atoms with Crippen molar-refractivity contribution in [3.05, 3.63) is 54.1 Å². The first-order valence-electron chi connectivity index (χ1n) is 5.93. The molecule has 0 saturated carbocycles. The quantitative estimate of drug-likeness (QED) is 0.854. The number of esters is 1. The van der Waals surface area contributed by atoms with E-state index in [2.05, 4.69) is 0 Å². The van der Waals surface area contributed by atoms with E-state index in [1.807, 2.05) is 0 Å². The minimum absolute atomic E-state index is 0.185. The van der Waals surface area contributed by atoms with Crippen molar-refractivity contribution in [1.29, 1.82) is 0 Å². The topological polar surface area (TPSA) is 55.8 Å². The number of rotatable bonds is 4. The molecule has 98 valence electrons. The summed E-state index contributed by atoms with van der Waals surface area (Å²) in [6, 6.07) is 13.1. The second-order valence-electron chi connectivity index (χ2n) is 3.84. The molecule has 0 fully saturated rings. The third-order valence-corrected chi connectivity index (χ3v) is 2.44. The number of hydrogen-bond donors (Lipinski definition) is 1. The van der Waals surface area contributed by atoms with Crippen LogP contribution in [0.25, 0.3) is 0 Å². The van der Waals surface area contributed by atoms with Crippen molar-refractivity contribution in [3.8, 4) is 17.2 Å². The van der Waals surface area contributed by atoms with Crippen LogP contribution in [0.5, 0.6) is 17.2 Å². The molecule has 0 spiro atoms. The maximum absolute atomic E-state index is 11.5. The Morgan fingerprint density at radius 3 is 2.05 bits per heavy atom. The summed E-state index contributed by atoms with van der Waals surface area (Å²) in [7, 11) is 0. The molecular weight excluding hydrogens is 244 g/mol. The average Bonchev–Trinajstić information content (AvgIpc) is 2.42. The lowest BCUT2D eigenvalue weighted by Gasteiger charge is -2.06. The number of benzene rings is 2. The summed E-state index contributed by atoms with van der Waals surface area (Å²) in [5.41, 5.74) is 0.486. The van der Waals surface area contributed by atoms with Gasteiger partial charge in [-0.15, -0.1) is 0 Å². The van der Waals surface area contributed by atoms with Gasteiger partial charge >= 0.3 is 5.97 Å². The fourth-order valence-corrected chi connectivity index (χ4v) is 1.52. The van der Waals surface area contributed by atoms with Gasteiger partial charge in [-0.25, -0.2) is 4.79 Å². The van der Waals surface area contributed by atoms with Crippen LogP contribution in [0, 0.1) is 0 Å². The van der Waals surface area contributed by atoms with Crippen LogP contribution in [-0.2, 0) is 4.74 Å².